The highest BCUT2D eigenvalue weighted by Crippen LogP contribution is 2.79. The number of alkyl carbamates (subject to hydrolysis) is 1. The van der Waals surface area contributed by atoms with Gasteiger partial charge in [0.15, 0.2) is 0 Å². The largest absolute Gasteiger partial charge is 0.493 e. The van der Waals surface area contributed by atoms with E-state index in [-0.39, 0.29) is 11.6 Å². The van der Waals surface area contributed by atoms with E-state index in [4.69, 9.17) is 22.0 Å². The number of ether oxygens (including phenoxy) is 2. The van der Waals surface area contributed by atoms with Crippen molar-refractivity contribution in [1.82, 2.24) is 5.32 Å². The van der Waals surface area contributed by atoms with Crippen molar-refractivity contribution in [3.63, 3.8) is 0 Å². The first-order valence-electron chi connectivity index (χ1n) is 8.08. The van der Waals surface area contributed by atoms with E-state index in [1.165, 1.54) is 6.07 Å². The summed E-state index contributed by atoms with van der Waals surface area (Å²) in [4.78, 5) is 24.1. The van der Waals surface area contributed by atoms with Crippen molar-refractivity contribution in [2.45, 2.75) is 50.2 Å². The lowest BCUT2D eigenvalue weighted by atomic mass is 9.99. The molecule has 4 heterocycles. The van der Waals surface area contributed by atoms with Gasteiger partial charge in [-0.1, -0.05) is 0 Å². The topological polar surface area (TPSA) is 113 Å². The number of fused-ring (bicyclic) bond motifs is 1. The Balaban J connectivity index is 1.66. The van der Waals surface area contributed by atoms with Gasteiger partial charge in [0.25, 0.3) is 0 Å². The van der Waals surface area contributed by atoms with Crippen LogP contribution in [0.1, 0.15) is 49.2 Å². The van der Waals surface area contributed by atoms with Crippen molar-refractivity contribution in [3.05, 3.63) is 23.3 Å². The molecule has 1 aromatic carbocycles. The van der Waals surface area contributed by atoms with E-state index in [0.717, 1.165) is 0 Å². The fourth-order valence-electron chi connectivity index (χ4n) is 2.88. The molecule has 3 fully saturated rings. The van der Waals surface area contributed by atoms with Crippen LogP contribution in [-0.2, 0) is 17.3 Å². The molecule has 0 aliphatic carbocycles. The number of carbonyl (C=O) groups is 2. The minimum absolute atomic E-state index is 0.00480. The molecule has 0 saturated carbocycles. The third-order valence-corrected chi connectivity index (χ3v) is 6.07. The van der Waals surface area contributed by atoms with Crippen molar-refractivity contribution in [2.24, 2.45) is 0 Å². The van der Waals surface area contributed by atoms with Gasteiger partial charge in [-0.25, -0.2) is 22.1 Å². The smallest absolute Gasteiger partial charge is 0.408 e. The average molecular weight is 385 g/mol. The summed E-state index contributed by atoms with van der Waals surface area (Å²) in [5.74, 6) is -0.744. The standard InChI is InChI=1S/C16H19NO8S/c1-16(2,3)22-14(20)17-10-4-5-21-11-6-9(13(18)19)12(7-8(10)11)26-23-15(24-26)25-26/h6-7,10,15H,4-5H2,1-3H3,(H,17,20)(H,18,19). The Labute approximate surface area is 151 Å². The van der Waals surface area contributed by atoms with Crippen LogP contribution in [0.2, 0.25) is 0 Å². The van der Waals surface area contributed by atoms with E-state index >= 15 is 0 Å². The van der Waals surface area contributed by atoms with Crippen LogP contribution in [-0.4, -0.2) is 35.9 Å². The van der Waals surface area contributed by atoms with Gasteiger partial charge >= 0.3 is 18.5 Å². The highest BCUT2D eigenvalue weighted by Gasteiger charge is 2.63. The number of carbonyl (C=O) groups excluding carboxylic acids is 1. The zero-order chi connectivity index (χ0) is 18.7. The molecule has 9 nitrogen and oxygen atoms in total. The molecule has 4 aliphatic heterocycles. The van der Waals surface area contributed by atoms with Crippen LogP contribution in [0, 0.1) is 0 Å². The van der Waals surface area contributed by atoms with E-state index in [9.17, 15) is 14.7 Å². The van der Waals surface area contributed by atoms with E-state index in [1.54, 1.807) is 26.8 Å². The van der Waals surface area contributed by atoms with Gasteiger partial charge in [-0.2, -0.15) is 0 Å². The van der Waals surface area contributed by atoms with Crippen LogP contribution in [0.25, 0.3) is 0 Å². The fourth-order valence-corrected chi connectivity index (χ4v) is 4.54. The number of rotatable bonds is 3. The lowest BCUT2D eigenvalue weighted by Gasteiger charge is -2.60. The van der Waals surface area contributed by atoms with Crippen LogP contribution in [0.4, 0.5) is 4.79 Å². The Bertz CT molecular complexity index is 772. The predicted octanol–water partition coefficient (Wildman–Crippen LogP) is 3.00. The summed E-state index contributed by atoms with van der Waals surface area (Å²) in [6.45, 7) is 4.96. The monoisotopic (exact) mass is 385 g/mol. The first kappa shape index (κ1) is 17.4. The maximum atomic E-state index is 12.1. The average Bonchev–Trinajstić information content (AvgIpc) is 2.41. The molecule has 1 unspecified atom stereocenters. The molecule has 4 aliphatic rings. The van der Waals surface area contributed by atoms with Gasteiger partial charge in [0.2, 0.25) is 0 Å². The van der Waals surface area contributed by atoms with Gasteiger partial charge in [-0.05, 0) is 32.9 Å². The maximum absolute atomic E-state index is 12.1. The van der Waals surface area contributed by atoms with Crippen molar-refractivity contribution in [1.29, 1.82) is 0 Å². The SMILES string of the molecule is CC(C)(C)OC(=O)NC1CCOc2cc(C(=O)O)c(S34OC(O3)O4)cc21. The molecule has 5 rings (SSSR count). The van der Waals surface area contributed by atoms with Gasteiger partial charge in [0.1, 0.15) is 22.2 Å². The number of carboxylic acids is 1. The number of hydrogen-bond acceptors (Lipinski definition) is 7. The second kappa shape index (κ2) is 5.74. The molecule has 10 heteroatoms. The van der Waals surface area contributed by atoms with Crippen LogP contribution in [0.15, 0.2) is 17.0 Å². The fraction of sp³-hybridized carbons (Fsp3) is 0.500. The molecule has 1 amide bonds. The maximum Gasteiger partial charge on any atom is 0.408 e. The molecule has 2 N–H and O–H groups in total. The Hall–Kier alpha value is -2.01. The van der Waals surface area contributed by atoms with Crippen LogP contribution < -0.4 is 10.1 Å². The van der Waals surface area contributed by atoms with Gasteiger partial charge < -0.3 is 19.9 Å². The van der Waals surface area contributed by atoms with Crippen molar-refractivity contribution in [3.8, 4) is 5.75 Å². The van der Waals surface area contributed by atoms with Crippen molar-refractivity contribution >= 4 is 22.9 Å². The Kier molecular flexibility index (Phi) is 3.85. The van der Waals surface area contributed by atoms with Crippen LogP contribution in [0.3, 0.4) is 0 Å². The van der Waals surface area contributed by atoms with Gasteiger partial charge in [0, 0.05) is 12.0 Å². The number of carboxylic acid groups (broad SMARTS) is 1. The second-order valence-corrected chi connectivity index (χ2v) is 8.98. The molecular formula is C16H19NO8S. The van der Waals surface area contributed by atoms with Crippen LogP contribution >= 0.6 is 10.9 Å². The number of benzene rings is 1. The Morgan fingerprint density at radius 3 is 2.50 bits per heavy atom. The molecular weight excluding hydrogens is 366 g/mol. The Morgan fingerprint density at radius 1 is 1.27 bits per heavy atom. The summed E-state index contributed by atoms with van der Waals surface area (Å²) in [5, 5.41) is 12.3. The molecule has 0 aromatic heterocycles. The zero-order valence-corrected chi connectivity index (χ0v) is 15.3. The normalized spacial score (nSPS) is 31.2. The first-order chi connectivity index (χ1) is 12.2. The van der Waals surface area contributed by atoms with Crippen LogP contribution in [0.5, 0.6) is 5.75 Å². The van der Waals surface area contributed by atoms with E-state index in [1.807, 2.05) is 0 Å². The number of nitrogens with one attached hydrogen (secondary N) is 1. The predicted molar refractivity (Wildman–Crippen MR) is 88.5 cm³/mol. The molecule has 0 spiro atoms. The second-order valence-electron chi connectivity index (χ2n) is 7.06. The first-order valence-corrected chi connectivity index (χ1v) is 9.49. The molecule has 0 radical (unpaired) electrons. The molecule has 2 bridgehead atoms. The third-order valence-electron chi connectivity index (χ3n) is 3.96. The van der Waals surface area contributed by atoms with Gasteiger partial charge in [-0.3, -0.25) is 0 Å². The summed E-state index contributed by atoms with van der Waals surface area (Å²) in [5.41, 5.74) is 0.00648. The molecule has 26 heavy (non-hydrogen) atoms. The van der Waals surface area contributed by atoms with E-state index < -0.39 is 35.0 Å². The van der Waals surface area contributed by atoms with Crippen molar-refractivity contribution in [2.75, 3.05) is 6.61 Å². The summed E-state index contributed by atoms with van der Waals surface area (Å²) in [6.07, 6.45) is -0.0353. The summed E-state index contributed by atoms with van der Waals surface area (Å²) < 4.78 is 27.1. The lowest BCUT2D eigenvalue weighted by Crippen LogP contribution is -2.50. The molecule has 1 atom stereocenters. The number of hydrogen-bond donors (Lipinski definition) is 2. The van der Waals surface area contributed by atoms with Gasteiger partial charge in [-0.15, -0.1) is 0 Å². The zero-order valence-electron chi connectivity index (χ0n) is 14.4. The van der Waals surface area contributed by atoms with E-state index in [2.05, 4.69) is 5.32 Å². The number of aromatic carboxylic acids is 1. The third kappa shape index (κ3) is 2.88. The minimum atomic E-state index is -2.44. The summed E-state index contributed by atoms with van der Waals surface area (Å²) in [7, 11) is -2.44. The Morgan fingerprint density at radius 2 is 1.96 bits per heavy atom. The van der Waals surface area contributed by atoms with Gasteiger partial charge in [0.05, 0.1) is 23.1 Å². The molecule has 142 valence electrons. The highest BCUT2D eigenvalue weighted by molar-refractivity contribution is 8.24. The highest BCUT2D eigenvalue weighted by atomic mass is 32.3. The summed E-state index contributed by atoms with van der Waals surface area (Å²) >= 11 is 0. The minimum Gasteiger partial charge on any atom is -0.493 e. The number of amides is 1. The quantitative estimate of drug-likeness (QED) is 0.816. The van der Waals surface area contributed by atoms with Crippen molar-refractivity contribution < 1.29 is 36.7 Å². The molecule has 3 saturated heterocycles. The lowest BCUT2D eigenvalue weighted by molar-refractivity contribution is -0.302. The van der Waals surface area contributed by atoms with E-state index in [0.29, 0.717) is 29.2 Å². The summed E-state index contributed by atoms with van der Waals surface area (Å²) in [6, 6.07) is 2.64. The molecule has 1 aromatic rings.